The minimum Gasteiger partial charge on any atom is -0.481 e. The van der Waals surface area contributed by atoms with Gasteiger partial charge in [0.2, 0.25) is 5.91 Å². The zero-order valence-electron chi connectivity index (χ0n) is 13.0. The van der Waals surface area contributed by atoms with Crippen LogP contribution in [0.1, 0.15) is 31.4 Å². The van der Waals surface area contributed by atoms with Gasteiger partial charge >= 0.3 is 5.97 Å². The number of carboxylic acids is 1. The molecular formula is C16H23NO3S. The van der Waals surface area contributed by atoms with Crippen molar-refractivity contribution >= 4 is 23.6 Å². The molecule has 0 saturated carbocycles. The summed E-state index contributed by atoms with van der Waals surface area (Å²) in [6.45, 7) is 7.75. The van der Waals surface area contributed by atoms with Crippen LogP contribution in [0.25, 0.3) is 0 Å². The first-order chi connectivity index (χ1) is 9.72. The molecule has 0 aliphatic rings. The number of aryl methyl sites for hydroxylation is 2. The molecule has 1 aromatic rings. The van der Waals surface area contributed by atoms with Crippen molar-refractivity contribution in [2.45, 2.75) is 39.0 Å². The second kappa shape index (κ2) is 7.50. The van der Waals surface area contributed by atoms with Crippen molar-refractivity contribution in [3.05, 3.63) is 29.3 Å². The highest BCUT2D eigenvalue weighted by Crippen LogP contribution is 2.23. The average Bonchev–Trinajstić information content (AvgIpc) is 2.39. The second-order valence-electron chi connectivity index (χ2n) is 5.85. The van der Waals surface area contributed by atoms with Gasteiger partial charge < -0.3 is 10.4 Å². The van der Waals surface area contributed by atoms with Crippen LogP contribution in [0.2, 0.25) is 0 Å². The number of carbonyl (C=O) groups is 2. The Morgan fingerprint density at radius 3 is 2.57 bits per heavy atom. The average molecular weight is 309 g/mol. The van der Waals surface area contributed by atoms with Crippen molar-refractivity contribution in [1.29, 1.82) is 0 Å². The van der Waals surface area contributed by atoms with Gasteiger partial charge in [0, 0.05) is 11.4 Å². The lowest BCUT2D eigenvalue weighted by Crippen LogP contribution is -2.32. The Kier molecular flexibility index (Phi) is 6.27. The normalized spacial score (nSPS) is 11.2. The van der Waals surface area contributed by atoms with Crippen LogP contribution >= 0.6 is 11.8 Å². The Balaban J connectivity index is 2.38. The fourth-order valence-corrected chi connectivity index (χ4v) is 2.63. The largest absolute Gasteiger partial charge is 0.481 e. The van der Waals surface area contributed by atoms with E-state index in [4.69, 9.17) is 5.11 Å². The third-order valence-corrected chi connectivity index (χ3v) is 4.51. The third-order valence-electron chi connectivity index (χ3n) is 3.35. The van der Waals surface area contributed by atoms with E-state index in [0.717, 1.165) is 10.5 Å². The van der Waals surface area contributed by atoms with Crippen LogP contribution in [0.15, 0.2) is 23.1 Å². The third kappa shape index (κ3) is 5.79. The number of rotatable bonds is 7. The van der Waals surface area contributed by atoms with E-state index in [1.54, 1.807) is 13.8 Å². The molecule has 0 unspecified atom stereocenters. The van der Waals surface area contributed by atoms with E-state index in [1.165, 1.54) is 17.3 Å². The van der Waals surface area contributed by atoms with Gasteiger partial charge in [-0.2, -0.15) is 0 Å². The van der Waals surface area contributed by atoms with Crippen molar-refractivity contribution in [2.75, 3.05) is 12.3 Å². The molecule has 0 aliphatic carbocycles. The van der Waals surface area contributed by atoms with Gasteiger partial charge in [-0.05, 0) is 45.7 Å². The zero-order valence-corrected chi connectivity index (χ0v) is 13.8. The number of thioether (sulfide) groups is 1. The van der Waals surface area contributed by atoms with Gasteiger partial charge in [-0.25, -0.2) is 0 Å². The molecule has 0 fully saturated rings. The monoisotopic (exact) mass is 309 g/mol. The van der Waals surface area contributed by atoms with Gasteiger partial charge in [-0.1, -0.05) is 17.7 Å². The van der Waals surface area contributed by atoms with Gasteiger partial charge in [0.05, 0.1) is 11.2 Å². The fraction of sp³-hybridized carbons (Fsp3) is 0.500. The molecule has 0 bridgehead atoms. The van der Waals surface area contributed by atoms with Crippen LogP contribution in [-0.2, 0) is 9.59 Å². The molecule has 0 heterocycles. The highest BCUT2D eigenvalue weighted by molar-refractivity contribution is 8.00. The summed E-state index contributed by atoms with van der Waals surface area (Å²) in [6, 6.07) is 6.17. The van der Waals surface area contributed by atoms with Gasteiger partial charge in [0.15, 0.2) is 0 Å². The summed E-state index contributed by atoms with van der Waals surface area (Å²) in [5.41, 5.74) is 1.52. The Labute approximate surface area is 130 Å². The number of carbonyl (C=O) groups excluding carboxylic acids is 1. The van der Waals surface area contributed by atoms with Crippen molar-refractivity contribution < 1.29 is 14.7 Å². The summed E-state index contributed by atoms with van der Waals surface area (Å²) in [7, 11) is 0. The second-order valence-corrected chi connectivity index (χ2v) is 6.86. The van der Waals surface area contributed by atoms with Crippen molar-refractivity contribution in [1.82, 2.24) is 5.32 Å². The van der Waals surface area contributed by atoms with Gasteiger partial charge in [0.25, 0.3) is 0 Å². The molecule has 4 nitrogen and oxygen atoms in total. The summed E-state index contributed by atoms with van der Waals surface area (Å²) in [6.07, 6.45) is 0.419. The number of nitrogens with one attached hydrogen (secondary N) is 1. The molecule has 116 valence electrons. The van der Waals surface area contributed by atoms with Crippen LogP contribution in [0.5, 0.6) is 0 Å². The summed E-state index contributed by atoms with van der Waals surface area (Å²) in [5.74, 6) is -0.568. The first-order valence-corrected chi connectivity index (χ1v) is 7.91. The lowest BCUT2D eigenvalue weighted by Gasteiger charge is -2.18. The summed E-state index contributed by atoms with van der Waals surface area (Å²) < 4.78 is 0. The van der Waals surface area contributed by atoms with E-state index >= 15 is 0 Å². The van der Waals surface area contributed by atoms with E-state index in [1.807, 2.05) is 26.0 Å². The number of carboxylic acid groups (broad SMARTS) is 1. The molecule has 0 atom stereocenters. The van der Waals surface area contributed by atoms with E-state index in [0.29, 0.717) is 18.7 Å². The van der Waals surface area contributed by atoms with Crippen LogP contribution < -0.4 is 5.32 Å². The molecule has 0 aromatic heterocycles. The van der Waals surface area contributed by atoms with Crippen molar-refractivity contribution in [3.8, 4) is 0 Å². The molecule has 2 N–H and O–H groups in total. The standard InChI is InChI=1S/C16H23NO3S/c1-11-5-6-12(2)13(9-11)21-10-14(18)17-8-7-16(3,4)15(19)20/h5-6,9H,7-8,10H2,1-4H3,(H,17,18)(H,19,20). The Bertz CT molecular complexity index is 526. The maximum atomic E-state index is 11.8. The predicted molar refractivity (Wildman–Crippen MR) is 85.7 cm³/mol. The molecule has 1 amide bonds. The number of aliphatic carboxylic acids is 1. The van der Waals surface area contributed by atoms with Crippen LogP contribution in [0, 0.1) is 19.3 Å². The minimum absolute atomic E-state index is 0.0675. The SMILES string of the molecule is Cc1ccc(C)c(SCC(=O)NCCC(C)(C)C(=O)O)c1. The van der Waals surface area contributed by atoms with E-state index in [9.17, 15) is 9.59 Å². The first-order valence-electron chi connectivity index (χ1n) is 6.92. The molecular weight excluding hydrogens is 286 g/mol. The Morgan fingerprint density at radius 2 is 1.95 bits per heavy atom. The lowest BCUT2D eigenvalue weighted by atomic mass is 9.90. The number of hydrogen-bond acceptors (Lipinski definition) is 3. The summed E-state index contributed by atoms with van der Waals surface area (Å²) in [5, 5.41) is 11.8. The number of benzene rings is 1. The van der Waals surface area contributed by atoms with E-state index < -0.39 is 11.4 Å². The molecule has 0 spiro atoms. The van der Waals surface area contributed by atoms with Gasteiger partial charge in [-0.15, -0.1) is 11.8 Å². The smallest absolute Gasteiger partial charge is 0.309 e. The maximum Gasteiger partial charge on any atom is 0.309 e. The topological polar surface area (TPSA) is 66.4 Å². The maximum absolute atomic E-state index is 11.8. The van der Waals surface area contributed by atoms with Gasteiger partial charge in [-0.3, -0.25) is 9.59 Å². The minimum atomic E-state index is -0.846. The van der Waals surface area contributed by atoms with Crippen molar-refractivity contribution in [2.24, 2.45) is 5.41 Å². The fourth-order valence-electron chi connectivity index (χ4n) is 1.68. The van der Waals surface area contributed by atoms with Crippen LogP contribution in [0.3, 0.4) is 0 Å². The molecule has 1 aromatic carbocycles. The van der Waals surface area contributed by atoms with Crippen LogP contribution in [-0.4, -0.2) is 29.3 Å². The summed E-state index contributed by atoms with van der Waals surface area (Å²) in [4.78, 5) is 23.9. The van der Waals surface area contributed by atoms with Crippen molar-refractivity contribution in [3.63, 3.8) is 0 Å². The number of amides is 1. The summed E-state index contributed by atoms with van der Waals surface area (Å²) >= 11 is 1.51. The first kappa shape index (κ1) is 17.6. The van der Waals surface area contributed by atoms with E-state index in [-0.39, 0.29) is 5.91 Å². The zero-order chi connectivity index (χ0) is 16.0. The highest BCUT2D eigenvalue weighted by atomic mass is 32.2. The molecule has 0 saturated heterocycles. The molecule has 5 heteroatoms. The lowest BCUT2D eigenvalue weighted by molar-refractivity contribution is -0.147. The van der Waals surface area contributed by atoms with E-state index in [2.05, 4.69) is 11.4 Å². The van der Waals surface area contributed by atoms with Crippen LogP contribution in [0.4, 0.5) is 0 Å². The van der Waals surface area contributed by atoms with Gasteiger partial charge in [0.1, 0.15) is 0 Å². The molecule has 21 heavy (non-hydrogen) atoms. The quantitative estimate of drug-likeness (QED) is 0.760. The predicted octanol–water partition coefficient (Wildman–Crippen LogP) is 3.01. The molecule has 1 rings (SSSR count). The Hall–Kier alpha value is -1.49. The highest BCUT2D eigenvalue weighted by Gasteiger charge is 2.26. The molecule has 0 radical (unpaired) electrons. The Morgan fingerprint density at radius 1 is 1.29 bits per heavy atom. The molecule has 0 aliphatic heterocycles. The number of hydrogen-bond donors (Lipinski definition) is 2.